The normalized spacial score (nSPS) is 11.5. The van der Waals surface area contributed by atoms with E-state index in [1.165, 1.54) is 0 Å². The van der Waals surface area contributed by atoms with Crippen LogP contribution in [-0.4, -0.2) is 35.7 Å². The number of nitrogens with zero attached hydrogens (tertiary/aromatic N) is 6. The average Bonchev–Trinajstić information content (AvgIpc) is 3.30. The van der Waals surface area contributed by atoms with Gasteiger partial charge in [-0.1, -0.05) is 36.4 Å². The first-order valence-corrected chi connectivity index (χ1v) is 11.8. The lowest BCUT2D eigenvalue weighted by Crippen LogP contribution is -2.04. The molecule has 0 unspecified atom stereocenters. The zero-order valence-electron chi connectivity index (χ0n) is 19.9. The molecule has 2 N–H and O–H groups in total. The van der Waals surface area contributed by atoms with Crippen LogP contribution < -0.4 is 0 Å². The number of pyridine rings is 2. The molecule has 9 nitrogen and oxygen atoms in total. The maximum absolute atomic E-state index is 11.8. The van der Waals surface area contributed by atoms with Crippen LogP contribution in [-0.2, 0) is 6.54 Å². The first-order valence-electron chi connectivity index (χ1n) is 11.8. The fourth-order valence-corrected chi connectivity index (χ4v) is 4.41. The summed E-state index contributed by atoms with van der Waals surface area (Å²) < 4.78 is 2.05. The SMILES string of the molecule is O=C(O)c1c(O)c(N=Nc2ccc3c(c2)nc(-c2ccccn2)n3Cc2ccccn2)cc2ccccc12. The number of azo groups is 1. The molecule has 0 amide bonds. The minimum absolute atomic E-state index is 0.0658. The van der Waals surface area contributed by atoms with Crippen molar-refractivity contribution >= 4 is 39.1 Å². The number of carboxylic acids is 1. The molecule has 0 fully saturated rings. The topological polar surface area (TPSA) is 126 Å². The van der Waals surface area contributed by atoms with Crippen molar-refractivity contribution in [1.82, 2.24) is 19.5 Å². The molecule has 3 aromatic carbocycles. The molecule has 3 heterocycles. The minimum Gasteiger partial charge on any atom is -0.505 e. The van der Waals surface area contributed by atoms with Crippen LogP contribution in [0.15, 0.2) is 108 Å². The van der Waals surface area contributed by atoms with Crippen molar-refractivity contribution in [3.63, 3.8) is 0 Å². The number of fused-ring (bicyclic) bond motifs is 2. The second-order valence-electron chi connectivity index (χ2n) is 8.58. The smallest absolute Gasteiger partial charge is 0.340 e. The second kappa shape index (κ2) is 9.55. The van der Waals surface area contributed by atoms with Gasteiger partial charge in [0.25, 0.3) is 0 Å². The summed E-state index contributed by atoms with van der Waals surface area (Å²) in [4.78, 5) is 25.6. The van der Waals surface area contributed by atoms with Crippen molar-refractivity contribution in [2.24, 2.45) is 10.2 Å². The number of aromatic carboxylic acids is 1. The fourth-order valence-electron chi connectivity index (χ4n) is 4.41. The molecule has 0 bridgehead atoms. The highest BCUT2D eigenvalue weighted by molar-refractivity contribution is 6.08. The number of aromatic hydroxyl groups is 1. The van der Waals surface area contributed by atoms with Gasteiger partial charge in [0.1, 0.15) is 16.9 Å². The van der Waals surface area contributed by atoms with Gasteiger partial charge < -0.3 is 14.8 Å². The van der Waals surface area contributed by atoms with E-state index >= 15 is 0 Å². The number of rotatable bonds is 6. The van der Waals surface area contributed by atoms with E-state index in [9.17, 15) is 15.0 Å². The van der Waals surface area contributed by atoms with Gasteiger partial charge in [-0.15, -0.1) is 5.11 Å². The lowest BCUT2D eigenvalue weighted by molar-refractivity contribution is 0.0696. The molecule has 0 spiro atoms. The molecule has 3 aromatic heterocycles. The van der Waals surface area contributed by atoms with Gasteiger partial charge in [-0.3, -0.25) is 9.97 Å². The van der Waals surface area contributed by atoms with Gasteiger partial charge in [0.2, 0.25) is 0 Å². The van der Waals surface area contributed by atoms with Gasteiger partial charge >= 0.3 is 5.97 Å². The molecule has 6 aromatic rings. The molecule has 0 aliphatic carbocycles. The number of aromatic nitrogens is 4. The number of imidazole rings is 1. The Labute approximate surface area is 216 Å². The van der Waals surface area contributed by atoms with Crippen molar-refractivity contribution < 1.29 is 15.0 Å². The highest BCUT2D eigenvalue weighted by atomic mass is 16.4. The Kier molecular flexibility index (Phi) is 5.78. The molecule has 38 heavy (non-hydrogen) atoms. The Hall–Kier alpha value is -5.44. The average molecular weight is 501 g/mol. The number of benzene rings is 3. The zero-order valence-corrected chi connectivity index (χ0v) is 19.9. The summed E-state index contributed by atoms with van der Waals surface area (Å²) >= 11 is 0. The first kappa shape index (κ1) is 23.0. The van der Waals surface area contributed by atoms with E-state index in [1.54, 1.807) is 54.9 Å². The number of carbonyl (C=O) groups is 1. The van der Waals surface area contributed by atoms with Gasteiger partial charge in [-0.05, 0) is 53.9 Å². The number of hydrogen-bond donors (Lipinski definition) is 2. The van der Waals surface area contributed by atoms with Crippen LogP contribution in [0.5, 0.6) is 5.75 Å². The molecule has 6 rings (SSSR count). The Bertz CT molecular complexity index is 1830. The molecule has 0 radical (unpaired) electrons. The number of hydrogen-bond acceptors (Lipinski definition) is 7. The standard InChI is InChI=1S/C29H20N6O3/c36-27-24(15-18-7-1-2-9-21(18)26(27)29(37)38)34-33-19-11-12-25-23(16-19)32-28(22-10-4-6-14-31-22)35(25)17-20-8-3-5-13-30-20/h1-16,36H,17H2,(H,37,38). The van der Waals surface area contributed by atoms with Gasteiger partial charge in [-0.2, -0.15) is 5.11 Å². The van der Waals surface area contributed by atoms with E-state index in [-0.39, 0.29) is 11.3 Å². The van der Waals surface area contributed by atoms with E-state index in [2.05, 4.69) is 24.8 Å². The summed E-state index contributed by atoms with van der Waals surface area (Å²) in [5.74, 6) is -0.977. The van der Waals surface area contributed by atoms with Crippen molar-refractivity contribution in [2.45, 2.75) is 6.54 Å². The summed E-state index contributed by atoms with van der Waals surface area (Å²) in [6.07, 6.45) is 3.48. The van der Waals surface area contributed by atoms with E-state index in [0.29, 0.717) is 34.3 Å². The number of phenols is 1. The minimum atomic E-state index is -1.24. The summed E-state index contributed by atoms with van der Waals surface area (Å²) in [5, 5.41) is 29.9. The second-order valence-corrected chi connectivity index (χ2v) is 8.58. The van der Waals surface area contributed by atoms with Crippen LogP contribution in [0.2, 0.25) is 0 Å². The van der Waals surface area contributed by atoms with Crippen LogP contribution in [0.4, 0.5) is 11.4 Å². The maximum Gasteiger partial charge on any atom is 0.340 e. The molecule has 0 aliphatic rings. The summed E-state index contributed by atoms with van der Waals surface area (Å²) in [7, 11) is 0. The van der Waals surface area contributed by atoms with Crippen LogP contribution in [0, 0.1) is 0 Å². The van der Waals surface area contributed by atoms with Crippen molar-refractivity contribution in [2.75, 3.05) is 0 Å². The zero-order chi connectivity index (χ0) is 26.1. The van der Waals surface area contributed by atoms with E-state index in [1.807, 2.05) is 42.5 Å². The van der Waals surface area contributed by atoms with Crippen molar-refractivity contribution in [3.8, 4) is 17.3 Å². The van der Waals surface area contributed by atoms with Gasteiger partial charge in [0, 0.05) is 17.8 Å². The van der Waals surface area contributed by atoms with Crippen LogP contribution in [0.3, 0.4) is 0 Å². The fraction of sp³-hybridized carbons (Fsp3) is 0.0345. The van der Waals surface area contributed by atoms with E-state index in [0.717, 1.165) is 16.9 Å². The summed E-state index contributed by atoms with van der Waals surface area (Å²) in [6.45, 7) is 0.507. The summed E-state index contributed by atoms with van der Waals surface area (Å²) in [5.41, 5.74) is 3.52. The third-order valence-electron chi connectivity index (χ3n) is 6.16. The predicted octanol–water partition coefficient (Wildman–Crippen LogP) is 6.51. The van der Waals surface area contributed by atoms with Crippen molar-refractivity contribution in [1.29, 1.82) is 0 Å². The molecular formula is C29H20N6O3. The first-order chi connectivity index (χ1) is 18.6. The summed E-state index contributed by atoms with van der Waals surface area (Å²) in [6, 6.07) is 25.4. The van der Waals surface area contributed by atoms with Gasteiger partial charge in [0.05, 0.1) is 29.0 Å². The third kappa shape index (κ3) is 4.22. The van der Waals surface area contributed by atoms with E-state index in [4.69, 9.17) is 4.98 Å². The predicted molar refractivity (Wildman–Crippen MR) is 143 cm³/mol. The monoisotopic (exact) mass is 500 g/mol. The lowest BCUT2D eigenvalue weighted by Gasteiger charge is -2.08. The largest absolute Gasteiger partial charge is 0.505 e. The Morgan fingerprint density at radius 1 is 0.868 bits per heavy atom. The van der Waals surface area contributed by atoms with Crippen LogP contribution in [0.25, 0.3) is 33.3 Å². The van der Waals surface area contributed by atoms with E-state index < -0.39 is 11.7 Å². The van der Waals surface area contributed by atoms with Gasteiger partial charge in [-0.25, -0.2) is 9.78 Å². The van der Waals surface area contributed by atoms with Crippen LogP contribution in [0.1, 0.15) is 16.1 Å². The Morgan fingerprint density at radius 2 is 1.66 bits per heavy atom. The highest BCUT2D eigenvalue weighted by Crippen LogP contribution is 2.38. The maximum atomic E-state index is 11.8. The van der Waals surface area contributed by atoms with Crippen LogP contribution >= 0.6 is 0 Å². The Balaban J connectivity index is 1.43. The molecular weight excluding hydrogens is 480 g/mol. The number of carboxylic acid groups (broad SMARTS) is 1. The third-order valence-corrected chi connectivity index (χ3v) is 6.16. The molecule has 184 valence electrons. The molecule has 0 atom stereocenters. The Morgan fingerprint density at radius 3 is 2.42 bits per heavy atom. The quantitative estimate of drug-likeness (QED) is 0.251. The highest BCUT2D eigenvalue weighted by Gasteiger charge is 2.19. The molecule has 9 heteroatoms. The molecule has 0 saturated heterocycles. The lowest BCUT2D eigenvalue weighted by atomic mass is 10.0. The van der Waals surface area contributed by atoms with Gasteiger partial charge in [0.15, 0.2) is 11.6 Å². The molecule has 0 saturated carbocycles. The van der Waals surface area contributed by atoms with Crippen molar-refractivity contribution in [3.05, 3.63) is 109 Å². The molecule has 0 aliphatic heterocycles.